The summed E-state index contributed by atoms with van der Waals surface area (Å²) in [5.74, 6) is 1.31. The molecule has 0 fully saturated rings. The molecule has 1 atom stereocenters. The molecule has 1 N–H and O–H groups in total. The summed E-state index contributed by atoms with van der Waals surface area (Å²) in [4.78, 5) is 0. The van der Waals surface area contributed by atoms with E-state index in [1.165, 1.54) is 0 Å². The smallest absolute Gasteiger partial charge is 0.0503 e. The Morgan fingerprint density at radius 3 is 2.40 bits per heavy atom. The predicted octanol–water partition coefficient (Wildman–Crippen LogP) is 1.92. The van der Waals surface area contributed by atoms with Gasteiger partial charge in [-0.3, -0.25) is 0 Å². The first-order valence-corrected chi connectivity index (χ1v) is 5.94. The minimum absolute atomic E-state index is 0.589. The molecule has 0 aliphatic carbocycles. The van der Waals surface area contributed by atoms with E-state index in [9.17, 15) is 0 Å². The average Bonchev–Trinajstić information content (AvgIpc) is 2.17. The van der Waals surface area contributed by atoms with Crippen LogP contribution in [0.1, 0.15) is 27.2 Å². The van der Waals surface area contributed by atoms with Gasteiger partial charge in [-0.15, -0.1) is 0 Å². The highest BCUT2D eigenvalue weighted by Gasteiger charge is 2.02. The van der Waals surface area contributed by atoms with Gasteiger partial charge in [0, 0.05) is 20.3 Å². The second-order valence-electron chi connectivity index (χ2n) is 4.58. The van der Waals surface area contributed by atoms with Crippen molar-refractivity contribution in [3.05, 3.63) is 0 Å². The van der Waals surface area contributed by atoms with Crippen molar-refractivity contribution < 1.29 is 9.47 Å². The number of hydrogen-bond donors (Lipinski definition) is 1. The van der Waals surface area contributed by atoms with E-state index in [0.29, 0.717) is 5.92 Å². The maximum Gasteiger partial charge on any atom is 0.0503 e. The van der Waals surface area contributed by atoms with Gasteiger partial charge in [-0.25, -0.2) is 0 Å². The highest BCUT2D eigenvalue weighted by Crippen LogP contribution is 1.96. The second kappa shape index (κ2) is 10.4. The van der Waals surface area contributed by atoms with E-state index < -0.39 is 0 Å². The van der Waals surface area contributed by atoms with Gasteiger partial charge in [0.2, 0.25) is 0 Å². The number of hydrogen-bond acceptors (Lipinski definition) is 3. The van der Waals surface area contributed by atoms with Crippen molar-refractivity contribution in [3.63, 3.8) is 0 Å². The summed E-state index contributed by atoms with van der Waals surface area (Å²) in [6, 6.07) is 0. The van der Waals surface area contributed by atoms with Gasteiger partial charge in [-0.2, -0.15) is 0 Å². The molecule has 0 radical (unpaired) electrons. The first-order chi connectivity index (χ1) is 7.16. The summed E-state index contributed by atoms with van der Waals surface area (Å²) < 4.78 is 10.5. The molecule has 0 aliphatic heterocycles. The molecule has 0 spiro atoms. The van der Waals surface area contributed by atoms with Crippen LogP contribution in [0.15, 0.2) is 0 Å². The molecule has 1 unspecified atom stereocenters. The molecule has 15 heavy (non-hydrogen) atoms. The fourth-order valence-corrected chi connectivity index (χ4v) is 1.27. The van der Waals surface area contributed by atoms with Gasteiger partial charge in [0.1, 0.15) is 0 Å². The zero-order valence-electron chi connectivity index (χ0n) is 10.7. The Hall–Kier alpha value is -0.120. The lowest BCUT2D eigenvalue weighted by atomic mass is 10.2. The Labute approximate surface area is 94.5 Å². The SMILES string of the molecule is COCCCOCC(C)CNCC(C)C. The van der Waals surface area contributed by atoms with Gasteiger partial charge in [-0.1, -0.05) is 20.8 Å². The number of nitrogens with one attached hydrogen (secondary N) is 1. The summed E-state index contributed by atoms with van der Waals surface area (Å²) in [5, 5.41) is 3.43. The number of methoxy groups -OCH3 is 1. The minimum Gasteiger partial charge on any atom is -0.385 e. The standard InChI is InChI=1S/C12H27NO2/c1-11(2)8-13-9-12(3)10-15-7-5-6-14-4/h11-13H,5-10H2,1-4H3. The zero-order chi connectivity index (χ0) is 11.5. The molecule has 0 saturated carbocycles. The lowest BCUT2D eigenvalue weighted by Gasteiger charge is -2.14. The Kier molecular flexibility index (Phi) is 10.3. The monoisotopic (exact) mass is 217 g/mol. The number of ether oxygens (including phenoxy) is 2. The molecule has 0 aromatic heterocycles. The van der Waals surface area contributed by atoms with Crippen LogP contribution in [-0.4, -0.2) is 40.0 Å². The van der Waals surface area contributed by atoms with Crippen LogP contribution >= 0.6 is 0 Å². The van der Waals surface area contributed by atoms with Crippen LogP contribution in [0.5, 0.6) is 0 Å². The highest BCUT2D eigenvalue weighted by molar-refractivity contribution is 4.57. The van der Waals surface area contributed by atoms with E-state index >= 15 is 0 Å². The van der Waals surface area contributed by atoms with Crippen LogP contribution < -0.4 is 5.32 Å². The van der Waals surface area contributed by atoms with Gasteiger partial charge in [0.05, 0.1) is 6.61 Å². The summed E-state index contributed by atoms with van der Waals surface area (Å²) in [6.45, 7) is 11.2. The lowest BCUT2D eigenvalue weighted by molar-refractivity contribution is 0.0822. The maximum atomic E-state index is 5.54. The third kappa shape index (κ3) is 11.8. The average molecular weight is 217 g/mol. The van der Waals surface area contributed by atoms with Crippen molar-refractivity contribution >= 4 is 0 Å². The van der Waals surface area contributed by atoms with Crippen molar-refractivity contribution in [3.8, 4) is 0 Å². The predicted molar refractivity (Wildman–Crippen MR) is 64.2 cm³/mol. The van der Waals surface area contributed by atoms with Crippen LogP contribution in [0.25, 0.3) is 0 Å². The lowest BCUT2D eigenvalue weighted by Crippen LogP contribution is -2.27. The summed E-state index contributed by atoms with van der Waals surface area (Å²) >= 11 is 0. The summed E-state index contributed by atoms with van der Waals surface area (Å²) in [5.41, 5.74) is 0. The third-order valence-corrected chi connectivity index (χ3v) is 2.08. The van der Waals surface area contributed by atoms with Crippen LogP contribution in [0, 0.1) is 11.8 Å². The van der Waals surface area contributed by atoms with Crippen molar-refractivity contribution in [2.45, 2.75) is 27.2 Å². The molecule has 0 saturated heterocycles. The Bertz CT molecular complexity index is 129. The van der Waals surface area contributed by atoms with Gasteiger partial charge >= 0.3 is 0 Å². The largest absolute Gasteiger partial charge is 0.385 e. The van der Waals surface area contributed by atoms with Gasteiger partial charge < -0.3 is 14.8 Å². The second-order valence-corrected chi connectivity index (χ2v) is 4.58. The van der Waals surface area contributed by atoms with Gasteiger partial charge in [-0.05, 0) is 31.3 Å². The molecule has 0 bridgehead atoms. The van der Waals surface area contributed by atoms with Crippen LogP contribution in [0.2, 0.25) is 0 Å². The zero-order valence-corrected chi connectivity index (χ0v) is 10.7. The van der Waals surface area contributed by atoms with E-state index in [-0.39, 0.29) is 0 Å². The Morgan fingerprint density at radius 2 is 1.80 bits per heavy atom. The molecule has 0 aromatic rings. The molecular weight excluding hydrogens is 190 g/mol. The van der Waals surface area contributed by atoms with E-state index in [1.807, 2.05) is 0 Å². The molecular formula is C12H27NO2. The van der Waals surface area contributed by atoms with Crippen LogP contribution in [0.3, 0.4) is 0 Å². The minimum atomic E-state index is 0.589. The van der Waals surface area contributed by atoms with E-state index in [1.54, 1.807) is 7.11 Å². The molecule has 0 aliphatic rings. The molecule has 92 valence electrons. The van der Waals surface area contributed by atoms with Crippen molar-refractivity contribution in [2.24, 2.45) is 11.8 Å². The van der Waals surface area contributed by atoms with Crippen molar-refractivity contribution in [1.82, 2.24) is 5.32 Å². The third-order valence-electron chi connectivity index (χ3n) is 2.08. The van der Waals surface area contributed by atoms with Crippen LogP contribution in [0.4, 0.5) is 0 Å². The van der Waals surface area contributed by atoms with E-state index in [2.05, 4.69) is 26.1 Å². The Morgan fingerprint density at radius 1 is 1.07 bits per heavy atom. The van der Waals surface area contributed by atoms with Crippen LogP contribution in [-0.2, 0) is 9.47 Å². The normalized spacial score (nSPS) is 13.4. The van der Waals surface area contributed by atoms with E-state index in [0.717, 1.165) is 45.2 Å². The quantitative estimate of drug-likeness (QED) is 0.567. The fourth-order valence-electron chi connectivity index (χ4n) is 1.27. The Balaban J connectivity index is 3.15. The molecule has 0 rings (SSSR count). The topological polar surface area (TPSA) is 30.5 Å². The number of rotatable bonds is 10. The summed E-state index contributed by atoms with van der Waals surface area (Å²) in [7, 11) is 1.72. The molecule has 0 aromatic carbocycles. The molecule has 3 nitrogen and oxygen atoms in total. The molecule has 3 heteroatoms. The maximum absolute atomic E-state index is 5.54. The van der Waals surface area contributed by atoms with E-state index in [4.69, 9.17) is 9.47 Å². The summed E-state index contributed by atoms with van der Waals surface area (Å²) in [6.07, 6.45) is 0.989. The van der Waals surface area contributed by atoms with Crippen molar-refractivity contribution in [2.75, 3.05) is 40.0 Å². The molecule has 0 heterocycles. The first kappa shape index (κ1) is 14.9. The first-order valence-electron chi connectivity index (χ1n) is 5.94. The highest BCUT2D eigenvalue weighted by atomic mass is 16.5. The van der Waals surface area contributed by atoms with Gasteiger partial charge in [0.25, 0.3) is 0 Å². The fraction of sp³-hybridized carbons (Fsp3) is 1.00. The van der Waals surface area contributed by atoms with Crippen molar-refractivity contribution in [1.29, 1.82) is 0 Å². The van der Waals surface area contributed by atoms with Gasteiger partial charge in [0.15, 0.2) is 0 Å². The molecule has 0 amide bonds.